The summed E-state index contributed by atoms with van der Waals surface area (Å²) in [6.45, 7) is 6.53. The van der Waals surface area contributed by atoms with Gasteiger partial charge in [0.2, 0.25) is 0 Å². The first-order valence-corrected chi connectivity index (χ1v) is 5.70. The molecule has 1 aromatic rings. The SMILES string of the molecule is CC(Br)CC(C)(C)c1cccnc1N. The van der Waals surface area contributed by atoms with Crippen LogP contribution in [-0.4, -0.2) is 9.81 Å². The van der Waals surface area contributed by atoms with Crippen molar-refractivity contribution >= 4 is 21.7 Å². The first-order chi connectivity index (χ1) is 6.43. The third kappa shape index (κ3) is 2.71. The minimum Gasteiger partial charge on any atom is -0.383 e. The Morgan fingerprint density at radius 2 is 2.21 bits per heavy atom. The Bertz CT molecular complexity index is 308. The van der Waals surface area contributed by atoms with Crippen LogP contribution in [0.15, 0.2) is 18.3 Å². The van der Waals surface area contributed by atoms with Crippen molar-refractivity contribution in [2.45, 2.75) is 37.4 Å². The van der Waals surface area contributed by atoms with Crippen LogP contribution in [-0.2, 0) is 5.41 Å². The van der Waals surface area contributed by atoms with Gasteiger partial charge in [-0.05, 0) is 23.5 Å². The van der Waals surface area contributed by atoms with E-state index in [4.69, 9.17) is 5.73 Å². The van der Waals surface area contributed by atoms with Crippen molar-refractivity contribution in [2.75, 3.05) is 5.73 Å². The van der Waals surface area contributed by atoms with Gasteiger partial charge in [-0.1, -0.05) is 42.8 Å². The van der Waals surface area contributed by atoms with Crippen LogP contribution in [0.2, 0.25) is 0 Å². The molecule has 0 saturated heterocycles. The Hall–Kier alpha value is -0.570. The number of nitrogens with two attached hydrogens (primary N) is 1. The van der Waals surface area contributed by atoms with Crippen LogP contribution in [0.4, 0.5) is 5.82 Å². The van der Waals surface area contributed by atoms with E-state index in [2.05, 4.69) is 47.8 Å². The number of pyridine rings is 1. The lowest BCUT2D eigenvalue weighted by Gasteiger charge is -2.27. The van der Waals surface area contributed by atoms with Gasteiger partial charge >= 0.3 is 0 Å². The molecule has 1 rings (SSSR count). The quantitative estimate of drug-likeness (QED) is 0.845. The summed E-state index contributed by atoms with van der Waals surface area (Å²) in [6.07, 6.45) is 2.77. The van der Waals surface area contributed by atoms with Gasteiger partial charge in [0.15, 0.2) is 0 Å². The normalized spacial score (nSPS) is 14.0. The highest BCUT2D eigenvalue weighted by molar-refractivity contribution is 9.09. The molecule has 0 spiro atoms. The first-order valence-electron chi connectivity index (χ1n) is 4.78. The highest BCUT2D eigenvalue weighted by Gasteiger charge is 2.24. The first kappa shape index (κ1) is 11.5. The average Bonchev–Trinajstić information content (AvgIpc) is 2.02. The molecule has 2 nitrogen and oxygen atoms in total. The smallest absolute Gasteiger partial charge is 0.127 e. The maximum Gasteiger partial charge on any atom is 0.127 e. The van der Waals surface area contributed by atoms with Crippen LogP contribution in [0.5, 0.6) is 0 Å². The lowest BCUT2D eigenvalue weighted by atomic mass is 9.81. The summed E-state index contributed by atoms with van der Waals surface area (Å²) in [5.74, 6) is 0.644. The summed E-state index contributed by atoms with van der Waals surface area (Å²) in [7, 11) is 0. The lowest BCUT2D eigenvalue weighted by Crippen LogP contribution is -2.22. The topological polar surface area (TPSA) is 38.9 Å². The van der Waals surface area contributed by atoms with Gasteiger partial charge in [-0.2, -0.15) is 0 Å². The molecule has 1 unspecified atom stereocenters. The fraction of sp³-hybridized carbons (Fsp3) is 0.545. The van der Waals surface area contributed by atoms with Gasteiger partial charge in [-0.15, -0.1) is 0 Å². The Morgan fingerprint density at radius 1 is 1.57 bits per heavy atom. The zero-order valence-corrected chi connectivity index (χ0v) is 10.5. The zero-order chi connectivity index (χ0) is 10.8. The minimum absolute atomic E-state index is 0.0707. The predicted octanol–water partition coefficient (Wildman–Crippen LogP) is 3.11. The van der Waals surface area contributed by atoms with Crippen LogP contribution < -0.4 is 5.73 Å². The molecule has 0 radical (unpaired) electrons. The van der Waals surface area contributed by atoms with E-state index in [0.29, 0.717) is 10.6 Å². The molecule has 2 N–H and O–H groups in total. The summed E-state index contributed by atoms with van der Waals surface area (Å²) in [5, 5.41) is 0. The van der Waals surface area contributed by atoms with Gasteiger partial charge in [-0.25, -0.2) is 4.98 Å². The summed E-state index contributed by atoms with van der Waals surface area (Å²) in [5.41, 5.74) is 7.06. The molecule has 1 aromatic heterocycles. The fourth-order valence-corrected chi connectivity index (χ4v) is 2.61. The summed E-state index contributed by atoms with van der Waals surface area (Å²) < 4.78 is 0. The molecular formula is C11H17BrN2. The van der Waals surface area contributed by atoms with Crippen molar-refractivity contribution in [1.82, 2.24) is 4.98 Å². The second kappa shape index (κ2) is 4.30. The Balaban J connectivity index is 2.97. The molecule has 3 heteroatoms. The van der Waals surface area contributed by atoms with E-state index in [1.807, 2.05) is 6.07 Å². The van der Waals surface area contributed by atoms with Crippen molar-refractivity contribution in [3.05, 3.63) is 23.9 Å². The molecule has 0 aliphatic carbocycles. The van der Waals surface area contributed by atoms with Gasteiger partial charge in [0.25, 0.3) is 0 Å². The van der Waals surface area contributed by atoms with Gasteiger partial charge in [0, 0.05) is 11.0 Å². The highest BCUT2D eigenvalue weighted by atomic mass is 79.9. The second-order valence-electron chi connectivity index (χ2n) is 4.30. The van der Waals surface area contributed by atoms with Crippen molar-refractivity contribution in [3.63, 3.8) is 0 Å². The summed E-state index contributed by atoms with van der Waals surface area (Å²) in [6, 6.07) is 3.99. The van der Waals surface area contributed by atoms with Gasteiger partial charge in [0.1, 0.15) is 5.82 Å². The average molecular weight is 257 g/mol. The Morgan fingerprint density at radius 3 is 2.71 bits per heavy atom. The van der Waals surface area contributed by atoms with Crippen molar-refractivity contribution in [1.29, 1.82) is 0 Å². The number of aromatic nitrogens is 1. The van der Waals surface area contributed by atoms with E-state index in [0.717, 1.165) is 12.0 Å². The third-order valence-corrected chi connectivity index (χ3v) is 2.68. The lowest BCUT2D eigenvalue weighted by molar-refractivity contribution is 0.483. The van der Waals surface area contributed by atoms with E-state index in [1.54, 1.807) is 6.20 Å². The van der Waals surface area contributed by atoms with Crippen molar-refractivity contribution < 1.29 is 0 Å². The van der Waals surface area contributed by atoms with Crippen LogP contribution in [0.3, 0.4) is 0 Å². The molecule has 78 valence electrons. The van der Waals surface area contributed by atoms with Crippen molar-refractivity contribution in [3.8, 4) is 0 Å². The molecule has 0 aliphatic rings. The van der Waals surface area contributed by atoms with Crippen LogP contribution in [0.1, 0.15) is 32.8 Å². The number of nitrogens with zero attached hydrogens (tertiary/aromatic N) is 1. The van der Waals surface area contributed by atoms with Gasteiger partial charge in [0.05, 0.1) is 0 Å². The van der Waals surface area contributed by atoms with Gasteiger partial charge < -0.3 is 5.73 Å². The Labute approximate surface area is 94.0 Å². The number of halogens is 1. The molecule has 0 saturated carbocycles. The molecule has 14 heavy (non-hydrogen) atoms. The number of hydrogen-bond donors (Lipinski definition) is 1. The maximum atomic E-state index is 5.86. The second-order valence-corrected chi connectivity index (χ2v) is 5.87. The molecule has 0 aromatic carbocycles. The molecule has 0 fully saturated rings. The number of alkyl halides is 1. The molecular weight excluding hydrogens is 240 g/mol. The Kier molecular flexibility index (Phi) is 3.53. The van der Waals surface area contributed by atoms with Crippen LogP contribution in [0.25, 0.3) is 0 Å². The maximum absolute atomic E-state index is 5.86. The number of anilines is 1. The molecule has 0 bridgehead atoms. The van der Waals surface area contributed by atoms with E-state index >= 15 is 0 Å². The number of hydrogen-bond acceptors (Lipinski definition) is 2. The summed E-state index contributed by atoms with van der Waals surface area (Å²) in [4.78, 5) is 4.60. The molecule has 0 amide bonds. The predicted molar refractivity (Wildman–Crippen MR) is 64.7 cm³/mol. The number of nitrogen functional groups attached to an aromatic ring is 1. The monoisotopic (exact) mass is 256 g/mol. The van der Waals surface area contributed by atoms with Crippen LogP contribution >= 0.6 is 15.9 Å². The largest absolute Gasteiger partial charge is 0.383 e. The zero-order valence-electron chi connectivity index (χ0n) is 8.92. The van der Waals surface area contributed by atoms with Crippen molar-refractivity contribution in [2.24, 2.45) is 0 Å². The van der Waals surface area contributed by atoms with E-state index in [1.165, 1.54) is 0 Å². The number of rotatable bonds is 3. The molecule has 0 aliphatic heterocycles. The van der Waals surface area contributed by atoms with Crippen LogP contribution in [0, 0.1) is 0 Å². The molecule has 1 atom stereocenters. The summed E-state index contributed by atoms with van der Waals surface area (Å²) >= 11 is 3.57. The van der Waals surface area contributed by atoms with E-state index in [9.17, 15) is 0 Å². The van der Waals surface area contributed by atoms with E-state index in [-0.39, 0.29) is 5.41 Å². The third-order valence-electron chi connectivity index (χ3n) is 2.36. The highest BCUT2D eigenvalue weighted by Crippen LogP contribution is 2.32. The minimum atomic E-state index is 0.0707. The standard InChI is InChI=1S/C11H17BrN2/c1-8(12)7-11(2,3)9-5-4-6-14-10(9)13/h4-6,8H,7H2,1-3H3,(H2,13,14). The van der Waals surface area contributed by atoms with E-state index < -0.39 is 0 Å². The molecule has 1 heterocycles. The van der Waals surface area contributed by atoms with Gasteiger partial charge in [-0.3, -0.25) is 0 Å². The fourth-order valence-electron chi connectivity index (χ4n) is 1.80.